The smallest absolute Gasteiger partial charge is 0.309 e. The van der Waals surface area contributed by atoms with Gasteiger partial charge in [0, 0.05) is 12.6 Å². The van der Waals surface area contributed by atoms with E-state index in [1.165, 1.54) is 4.90 Å². The standard InChI is InChI=1S/C23H25NO6/c1-2-12-24(19-14-18(22(26)27)21(19)23(28)29)20(25)13-15-8-10-17(11-9-15)30-16-6-4-3-5-7-16/h3-11,18-19,21H,2,12-14H2,1H3,(H,26,27)(H,28,29). The van der Waals surface area contributed by atoms with Gasteiger partial charge >= 0.3 is 11.9 Å². The number of hydrogen-bond donors (Lipinski definition) is 2. The highest BCUT2D eigenvalue weighted by Gasteiger charge is 2.53. The number of para-hydroxylation sites is 1. The number of nitrogens with zero attached hydrogens (tertiary/aromatic N) is 1. The maximum Gasteiger partial charge on any atom is 0.309 e. The second-order valence-electron chi connectivity index (χ2n) is 7.43. The maximum atomic E-state index is 12.9. The summed E-state index contributed by atoms with van der Waals surface area (Å²) in [6, 6.07) is 15.9. The summed E-state index contributed by atoms with van der Waals surface area (Å²) < 4.78 is 5.75. The summed E-state index contributed by atoms with van der Waals surface area (Å²) >= 11 is 0. The Hall–Kier alpha value is -3.35. The minimum absolute atomic E-state index is 0.117. The number of carboxylic acids is 2. The van der Waals surface area contributed by atoms with Crippen molar-refractivity contribution in [3.05, 3.63) is 60.2 Å². The second-order valence-corrected chi connectivity index (χ2v) is 7.43. The third kappa shape index (κ3) is 4.79. The Kier molecular flexibility index (Phi) is 6.72. The first-order valence-corrected chi connectivity index (χ1v) is 9.97. The van der Waals surface area contributed by atoms with Crippen LogP contribution in [0.2, 0.25) is 0 Å². The highest BCUT2D eigenvalue weighted by atomic mass is 16.5. The number of ether oxygens (including phenoxy) is 1. The van der Waals surface area contributed by atoms with Crippen LogP contribution in [0.5, 0.6) is 11.5 Å². The van der Waals surface area contributed by atoms with Crippen LogP contribution in [-0.2, 0) is 20.8 Å². The van der Waals surface area contributed by atoms with Crippen LogP contribution in [0.4, 0.5) is 0 Å². The number of hydrogen-bond acceptors (Lipinski definition) is 4. The minimum atomic E-state index is -1.17. The van der Waals surface area contributed by atoms with E-state index in [-0.39, 0.29) is 18.7 Å². The number of benzene rings is 2. The Morgan fingerprint density at radius 1 is 0.967 bits per heavy atom. The molecule has 1 amide bonds. The van der Waals surface area contributed by atoms with Gasteiger partial charge in [-0.3, -0.25) is 14.4 Å². The van der Waals surface area contributed by atoms with E-state index in [1.54, 1.807) is 24.3 Å². The molecule has 1 fully saturated rings. The molecule has 7 heteroatoms. The molecular formula is C23H25NO6. The van der Waals surface area contributed by atoms with Gasteiger partial charge in [0.15, 0.2) is 0 Å². The first kappa shape index (κ1) is 21.4. The van der Waals surface area contributed by atoms with Crippen molar-refractivity contribution in [2.45, 2.75) is 32.2 Å². The van der Waals surface area contributed by atoms with E-state index in [0.29, 0.717) is 24.5 Å². The van der Waals surface area contributed by atoms with Crippen molar-refractivity contribution in [2.75, 3.05) is 6.54 Å². The topological polar surface area (TPSA) is 104 Å². The lowest BCUT2D eigenvalue weighted by atomic mass is 9.68. The van der Waals surface area contributed by atoms with Crippen LogP contribution in [0.1, 0.15) is 25.3 Å². The fraction of sp³-hybridized carbons (Fsp3) is 0.348. The van der Waals surface area contributed by atoms with Gasteiger partial charge in [-0.25, -0.2) is 0 Å². The van der Waals surface area contributed by atoms with Crippen molar-refractivity contribution < 1.29 is 29.3 Å². The van der Waals surface area contributed by atoms with Crippen molar-refractivity contribution in [3.8, 4) is 11.5 Å². The third-order valence-corrected chi connectivity index (χ3v) is 5.39. The fourth-order valence-corrected chi connectivity index (χ4v) is 3.83. The largest absolute Gasteiger partial charge is 0.481 e. The van der Waals surface area contributed by atoms with Crippen molar-refractivity contribution >= 4 is 17.8 Å². The maximum absolute atomic E-state index is 12.9. The lowest BCUT2D eigenvalue weighted by Gasteiger charge is -2.46. The van der Waals surface area contributed by atoms with Crippen LogP contribution in [0.15, 0.2) is 54.6 Å². The zero-order chi connectivity index (χ0) is 21.7. The molecule has 1 saturated carbocycles. The van der Waals surface area contributed by atoms with Crippen molar-refractivity contribution in [1.29, 1.82) is 0 Å². The molecule has 3 unspecified atom stereocenters. The van der Waals surface area contributed by atoms with Crippen LogP contribution in [0.25, 0.3) is 0 Å². The van der Waals surface area contributed by atoms with Gasteiger partial charge in [-0.2, -0.15) is 0 Å². The van der Waals surface area contributed by atoms with Crippen LogP contribution in [0.3, 0.4) is 0 Å². The molecule has 2 N–H and O–H groups in total. The van der Waals surface area contributed by atoms with E-state index in [0.717, 1.165) is 5.56 Å². The molecule has 2 aromatic carbocycles. The molecule has 0 aliphatic heterocycles. The van der Waals surface area contributed by atoms with Crippen LogP contribution >= 0.6 is 0 Å². The van der Waals surface area contributed by atoms with E-state index in [2.05, 4.69) is 0 Å². The summed E-state index contributed by atoms with van der Waals surface area (Å²) in [4.78, 5) is 37.3. The number of amides is 1. The van der Waals surface area contributed by atoms with Gasteiger partial charge in [-0.1, -0.05) is 37.3 Å². The van der Waals surface area contributed by atoms with E-state index < -0.39 is 29.8 Å². The number of carbonyl (C=O) groups is 3. The molecule has 0 saturated heterocycles. The minimum Gasteiger partial charge on any atom is -0.481 e. The van der Waals surface area contributed by atoms with E-state index in [1.807, 2.05) is 37.3 Å². The average molecular weight is 411 g/mol. The Labute approximate surface area is 174 Å². The van der Waals surface area contributed by atoms with Crippen LogP contribution in [-0.4, -0.2) is 45.5 Å². The molecule has 2 aromatic rings. The highest BCUT2D eigenvalue weighted by molar-refractivity contribution is 5.85. The average Bonchev–Trinajstić information content (AvgIpc) is 2.68. The number of rotatable bonds is 9. The summed E-state index contributed by atoms with van der Waals surface area (Å²) in [7, 11) is 0. The van der Waals surface area contributed by atoms with Crippen molar-refractivity contribution in [3.63, 3.8) is 0 Å². The van der Waals surface area contributed by atoms with Gasteiger partial charge in [-0.05, 0) is 42.7 Å². The second kappa shape index (κ2) is 9.43. The van der Waals surface area contributed by atoms with Gasteiger partial charge in [0.1, 0.15) is 11.5 Å². The predicted molar refractivity (Wildman–Crippen MR) is 109 cm³/mol. The third-order valence-electron chi connectivity index (χ3n) is 5.39. The van der Waals surface area contributed by atoms with Crippen molar-refractivity contribution in [1.82, 2.24) is 4.90 Å². The summed E-state index contributed by atoms with van der Waals surface area (Å²) in [6.45, 7) is 2.30. The number of carboxylic acid groups (broad SMARTS) is 2. The SMILES string of the molecule is CCCN(C(=O)Cc1ccc(Oc2ccccc2)cc1)C1CC(C(=O)O)C1C(=O)O. The monoisotopic (exact) mass is 411 g/mol. The Morgan fingerprint density at radius 3 is 2.17 bits per heavy atom. The quantitative estimate of drug-likeness (QED) is 0.655. The van der Waals surface area contributed by atoms with E-state index in [4.69, 9.17) is 4.74 Å². The highest BCUT2D eigenvalue weighted by Crippen LogP contribution is 2.39. The van der Waals surface area contributed by atoms with E-state index in [9.17, 15) is 24.6 Å². The van der Waals surface area contributed by atoms with Crippen LogP contribution < -0.4 is 4.74 Å². The number of aliphatic carboxylic acids is 2. The summed E-state index contributed by atoms with van der Waals surface area (Å²) in [5, 5.41) is 18.7. The molecule has 1 aliphatic rings. The molecule has 158 valence electrons. The molecule has 0 radical (unpaired) electrons. The van der Waals surface area contributed by atoms with Gasteiger partial charge < -0.3 is 19.8 Å². The Bertz CT molecular complexity index is 896. The van der Waals surface area contributed by atoms with Crippen molar-refractivity contribution in [2.24, 2.45) is 11.8 Å². The molecule has 0 heterocycles. The zero-order valence-corrected chi connectivity index (χ0v) is 16.7. The molecule has 0 spiro atoms. The summed E-state index contributed by atoms with van der Waals surface area (Å²) in [6.07, 6.45) is 0.949. The molecule has 3 rings (SSSR count). The first-order valence-electron chi connectivity index (χ1n) is 9.97. The molecular weight excluding hydrogens is 386 g/mol. The van der Waals surface area contributed by atoms with Gasteiger partial charge in [0.25, 0.3) is 0 Å². The predicted octanol–water partition coefficient (Wildman–Crippen LogP) is 3.43. The van der Waals surface area contributed by atoms with Gasteiger partial charge in [0.2, 0.25) is 5.91 Å². The summed E-state index contributed by atoms with van der Waals surface area (Å²) in [5.74, 6) is -3.15. The van der Waals surface area contributed by atoms with Gasteiger partial charge in [-0.15, -0.1) is 0 Å². The van der Waals surface area contributed by atoms with Gasteiger partial charge in [0.05, 0.1) is 18.3 Å². The Balaban J connectivity index is 1.66. The zero-order valence-electron chi connectivity index (χ0n) is 16.7. The normalized spacial score (nSPS) is 20.1. The molecule has 0 aromatic heterocycles. The first-order chi connectivity index (χ1) is 14.4. The molecule has 1 aliphatic carbocycles. The molecule has 0 bridgehead atoms. The molecule has 3 atom stereocenters. The molecule has 7 nitrogen and oxygen atoms in total. The lowest BCUT2D eigenvalue weighted by molar-refractivity contribution is -0.170. The van der Waals surface area contributed by atoms with E-state index >= 15 is 0 Å². The van der Waals surface area contributed by atoms with Crippen LogP contribution in [0, 0.1) is 11.8 Å². The summed E-state index contributed by atoms with van der Waals surface area (Å²) in [5.41, 5.74) is 0.780. The Morgan fingerprint density at radius 2 is 1.60 bits per heavy atom. The number of carbonyl (C=O) groups excluding carboxylic acids is 1. The fourth-order valence-electron chi connectivity index (χ4n) is 3.83. The lowest BCUT2D eigenvalue weighted by Crippen LogP contribution is -2.59. The molecule has 30 heavy (non-hydrogen) atoms.